The maximum absolute atomic E-state index is 12.3. The Morgan fingerprint density at radius 1 is 1.12 bits per heavy atom. The third-order valence-electron chi connectivity index (χ3n) is 4.78. The Kier molecular flexibility index (Phi) is 4.64. The number of H-pyrrole nitrogens is 1. The second-order valence-electron chi connectivity index (χ2n) is 6.75. The van der Waals surface area contributed by atoms with E-state index in [1.54, 1.807) is 12.4 Å². The van der Waals surface area contributed by atoms with Crippen molar-refractivity contribution in [1.82, 2.24) is 25.0 Å². The van der Waals surface area contributed by atoms with E-state index in [1.165, 1.54) is 0 Å². The van der Waals surface area contributed by atoms with Crippen molar-refractivity contribution < 1.29 is 4.79 Å². The zero-order valence-electron chi connectivity index (χ0n) is 14.8. The van der Waals surface area contributed by atoms with E-state index in [-0.39, 0.29) is 5.91 Å². The number of carbonyl (C=O) groups excluding carboxylic acids is 1. The summed E-state index contributed by atoms with van der Waals surface area (Å²) in [6, 6.07) is 8.07. The number of anilines is 1. The van der Waals surface area contributed by atoms with E-state index in [0.29, 0.717) is 12.4 Å². The number of carbonyl (C=O) groups is 1. The van der Waals surface area contributed by atoms with Crippen LogP contribution in [0.3, 0.4) is 0 Å². The summed E-state index contributed by atoms with van der Waals surface area (Å²) < 4.78 is 0. The van der Waals surface area contributed by atoms with Crippen molar-refractivity contribution in [2.75, 3.05) is 45.1 Å². The standard InChI is InChI=1S/C19H22N6O/c1-24-4-6-25(7-5-24)13-19(26)23-18-9-16-8-14(17-11-21-22-12-17)2-3-15(16)10-20-18/h2-3,8-12H,4-7,13H2,1H3,(H,21,22)(H,20,23,26). The minimum atomic E-state index is -0.0209. The molecule has 26 heavy (non-hydrogen) atoms. The second kappa shape index (κ2) is 7.23. The molecule has 1 fully saturated rings. The maximum Gasteiger partial charge on any atom is 0.239 e. The highest BCUT2D eigenvalue weighted by atomic mass is 16.2. The summed E-state index contributed by atoms with van der Waals surface area (Å²) in [6.45, 7) is 4.24. The average Bonchev–Trinajstić information content (AvgIpc) is 3.18. The third-order valence-corrected chi connectivity index (χ3v) is 4.78. The van der Waals surface area contributed by atoms with Crippen LogP contribution in [-0.2, 0) is 4.79 Å². The normalized spacial score (nSPS) is 16.0. The molecule has 0 bridgehead atoms. The zero-order valence-corrected chi connectivity index (χ0v) is 14.8. The average molecular weight is 350 g/mol. The van der Waals surface area contributed by atoms with Crippen LogP contribution in [0.15, 0.2) is 42.9 Å². The number of nitrogens with zero attached hydrogens (tertiary/aromatic N) is 4. The minimum Gasteiger partial charge on any atom is -0.310 e. The highest BCUT2D eigenvalue weighted by Crippen LogP contribution is 2.24. The second-order valence-corrected chi connectivity index (χ2v) is 6.75. The fourth-order valence-electron chi connectivity index (χ4n) is 3.19. The summed E-state index contributed by atoms with van der Waals surface area (Å²) in [4.78, 5) is 21.1. The molecule has 1 aliphatic heterocycles. The Bertz CT molecular complexity index is 900. The molecule has 1 aliphatic rings. The molecule has 2 aromatic heterocycles. The maximum atomic E-state index is 12.3. The number of aromatic amines is 1. The molecule has 0 radical (unpaired) electrons. The fraction of sp³-hybridized carbons (Fsp3) is 0.316. The number of fused-ring (bicyclic) bond motifs is 1. The van der Waals surface area contributed by atoms with Crippen LogP contribution in [0.4, 0.5) is 5.82 Å². The molecule has 7 nitrogen and oxygen atoms in total. The molecule has 7 heteroatoms. The van der Waals surface area contributed by atoms with Crippen molar-refractivity contribution in [3.8, 4) is 11.1 Å². The van der Waals surface area contributed by atoms with Crippen molar-refractivity contribution in [1.29, 1.82) is 0 Å². The highest BCUT2D eigenvalue weighted by Gasteiger charge is 2.16. The number of piperazine rings is 1. The van der Waals surface area contributed by atoms with Gasteiger partial charge in [-0.05, 0) is 30.1 Å². The van der Waals surface area contributed by atoms with E-state index in [4.69, 9.17) is 0 Å². The molecule has 4 rings (SSSR count). The Labute approximate surface area is 152 Å². The lowest BCUT2D eigenvalue weighted by molar-refractivity contribution is -0.117. The van der Waals surface area contributed by atoms with Crippen LogP contribution in [0.2, 0.25) is 0 Å². The predicted octanol–water partition coefficient (Wildman–Crippen LogP) is 1.81. The van der Waals surface area contributed by atoms with E-state index < -0.39 is 0 Å². The smallest absolute Gasteiger partial charge is 0.239 e. The molecule has 1 amide bonds. The molecule has 0 spiro atoms. The predicted molar refractivity (Wildman–Crippen MR) is 102 cm³/mol. The monoisotopic (exact) mass is 350 g/mol. The number of likely N-dealkylation sites (N-methyl/N-ethyl adjacent to an activating group) is 1. The van der Waals surface area contributed by atoms with Gasteiger partial charge in [-0.25, -0.2) is 4.98 Å². The van der Waals surface area contributed by atoms with Crippen LogP contribution >= 0.6 is 0 Å². The van der Waals surface area contributed by atoms with Crippen molar-refractivity contribution in [3.63, 3.8) is 0 Å². The van der Waals surface area contributed by atoms with E-state index in [9.17, 15) is 4.79 Å². The van der Waals surface area contributed by atoms with Crippen molar-refractivity contribution in [2.45, 2.75) is 0 Å². The third kappa shape index (κ3) is 3.74. The summed E-state index contributed by atoms with van der Waals surface area (Å²) >= 11 is 0. The lowest BCUT2D eigenvalue weighted by Gasteiger charge is -2.31. The molecular formula is C19H22N6O. The molecule has 0 atom stereocenters. The van der Waals surface area contributed by atoms with Gasteiger partial charge in [-0.15, -0.1) is 0 Å². The van der Waals surface area contributed by atoms with Gasteiger partial charge in [0.05, 0.1) is 12.7 Å². The SMILES string of the molecule is CN1CCN(CC(=O)Nc2cc3cc(-c4cn[nH]c4)ccc3cn2)CC1. The van der Waals surface area contributed by atoms with Crippen LogP contribution in [0.1, 0.15) is 0 Å². The van der Waals surface area contributed by atoms with Crippen LogP contribution < -0.4 is 5.32 Å². The van der Waals surface area contributed by atoms with Crippen molar-refractivity contribution in [3.05, 3.63) is 42.9 Å². The summed E-state index contributed by atoms with van der Waals surface area (Å²) in [7, 11) is 2.11. The first-order valence-corrected chi connectivity index (χ1v) is 8.77. The van der Waals surface area contributed by atoms with Gasteiger partial charge in [-0.1, -0.05) is 12.1 Å². The zero-order chi connectivity index (χ0) is 17.9. The van der Waals surface area contributed by atoms with Gasteiger partial charge in [0, 0.05) is 49.5 Å². The topological polar surface area (TPSA) is 77.1 Å². The first-order valence-electron chi connectivity index (χ1n) is 8.77. The molecular weight excluding hydrogens is 328 g/mol. The Balaban J connectivity index is 1.47. The molecule has 0 saturated carbocycles. The quantitative estimate of drug-likeness (QED) is 0.750. The van der Waals surface area contributed by atoms with Gasteiger partial charge in [-0.3, -0.25) is 14.8 Å². The number of hydrogen-bond donors (Lipinski definition) is 2. The number of amides is 1. The van der Waals surface area contributed by atoms with E-state index >= 15 is 0 Å². The lowest BCUT2D eigenvalue weighted by Crippen LogP contribution is -2.47. The lowest BCUT2D eigenvalue weighted by atomic mass is 10.1. The van der Waals surface area contributed by atoms with Gasteiger partial charge >= 0.3 is 0 Å². The molecule has 1 aromatic carbocycles. The van der Waals surface area contributed by atoms with Gasteiger partial charge < -0.3 is 10.2 Å². The number of hydrogen-bond acceptors (Lipinski definition) is 5. The summed E-state index contributed by atoms with van der Waals surface area (Å²) in [6.07, 6.45) is 5.45. The largest absolute Gasteiger partial charge is 0.310 e. The van der Waals surface area contributed by atoms with Gasteiger partial charge in [-0.2, -0.15) is 5.10 Å². The van der Waals surface area contributed by atoms with Crippen LogP contribution in [0.5, 0.6) is 0 Å². The summed E-state index contributed by atoms with van der Waals surface area (Å²) in [5.41, 5.74) is 2.11. The van der Waals surface area contributed by atoms with E-state index in [2.05, 4.69) is 43.4 Å². The Morgan fingerprint density at radius 2 is 1.96 bits per heavy atom. The number of nitrogens with one attached hydrogen (secondary N) is 2. The Morgan fingerprint density at radius 3 is 2.73 bits per heavy atom. The molecule has 0 aliphatic carbocycles. The number of pyridine rings is 1. The van der Waals surface area contributed by atoms with Gasteiger partial charge in [0.1, 0.15) is 5.82 Å². The minimum absolute atomic E-state index is 0.0209. The van der Waals surface area contributed by atoms with E-state index in [0.717, 1.165) is 48.1 Å². The number of benzene rings is 1. The number of aromatic nitrogens is 3. The van der Waals surface area contributed by atoms with Crippen molar-refractivity contribution in [2.24, 2.45) is 0 Å². The van der Waals surface area contributed by atoms with Gasteiger partial charge in [0.2, 0.25) is 5.91 Å². The number of rotatable bonds is 4. The molecule has 3 heterocycles. The van der Waals surface area contributed by atoms with Gasteiger partial charge in [0.15, 0.2) is 0 Å². The summed E-state index contributed by atoms with van der Waals surface area (Å²) in [5.74, 6) is 0.563. The molecule has 0 unspecified atom stereocenters. The first-order chi connectivity index (χ1) is 12.7. The fourth-order valence-corrected chi connectivity index (χ4v) is 3.19. The van der Waals surface area contributed by atoms with Crippen LogP contribution in [-0.4, -0.2) is 70.7 Å². The Hall–Kier alpha value is -2.77. The summed E-state index contributed by atoms with van der Waals surface area (Å²) in [5, 5.41) is 11.8. The molecule has 3 aromatic rings. The first kappa shape index (κ1) is 16.7. The molecule has 1 saturated heterocycles. The highest BCUT2D eigenvalue weighted by molar-refractivity contribution is 5.94. The van der Waals surface area contributed by atoms with Crippen LogP contribution in [0.25, 0.3) is 21.9 Å². The van der Waals surface area contributed by atoms with Gasteiger partial charge in [0.25, 0.3) is 0 Å². The molecule has 2 N–H and O–H groups in total. The van der Waals surface area contributed by atoms with E-state index in [1.807, 2.05) is 24.4 Å². The molecule has 134 valence electrons. The van der Waals surface area contributed by atoms with Crippen molar-refractivity contribution >= 4 is 22.5 Å². The van der Waals surface area contributed by atoms with Crippen LogP contribution in [0, 0.1) is 0 Å².